The third-order valence-corrected chi connectivity index (χ3v) is 2.49. The van der Waals surface area contributed by atoms with Crippen molar-refractivity contribution in [2.24, 2.45) is 0 Å². The van der Waals surface area contributed by atoms with Gasteiger partial charge in [0.25, 0.3) is 5.91 Å². The molecule has 1 aromatic heterocycles. The second kappa shape index (κ2) is 5.34. The normalized spacial score (nSPS) is 10.0. The Morgan fingerprint density at radius 2 is 2.16 bits per heavy atom. The van der Waals surface area contributed by atoms with Gasteiger partial charge in [0.1, 0.15) is 17.3 Å². The van der Waals surface area contributed by atoms with Crippen LogP contribution in [0.3, 0.4) is 0 Å². The number of nitrogens with one attached hydrogen (secondary N) is 1. The van der Waals surface area contributed by atoms with Crippen molar-refractivity contribution in [1.29, 1.82) is 0 Å². The lowest BCUT2D eigenvalue weighted by Crippen LogP contribution is -2.15. The van der Waals surface area contributed by atoms with Crippen LogP contribution < -0.4 is 15.8 Å². The quantitative estimate of drug-likeness (QED) is 0.873. The van der Waals surface area contributed by atoms with Crippen LogP contribution in [0.5, 0.6) is 5.75 Å². The fraction of sp³-hybridized carbons (Fsp3) is 0.154. The third kappa shape index (κ3) is 2.98. The highest BCUT2D eigenvalue weighted by molar-refractivity contribution is 6.03. The minimum absolute atomic E-state index is 0.156. The zero-order chi connectivity index (χ0) is 13.8. The molecule has 0 aliphatic carbocycles. The zero-order valence-corrected chi connectivity index (χ0v) is 10.7. The molecule has 0 aliphatic heterocycles. The lowest BCUT2D eigenvalue weighted by molar-refractivity contribution is 0.102. The summed E-state index contributed by atoms with van der Waals surface area (Å²) in [6.45, 7) is 1.93. The molecule has 2 rings (SSSR count). The summed E-state index contributed by atoms with van der Waals surface area (Å²) < 4.78 is 5.19. The van der Waals surface area contributed by atoms with E-state index in [4.69, 9.17) is 10.5 Å². The van der Waals surface area contributed by atoms with Gasteiger partial charge in [0.2, 0.25) is 0 Å². The summed E-state index contributed by atoms with van der Waals surface area (Å²) in [4.78, 5) is 19.8. The number of ether oxygens (including phenoxy) is 1. The number of carbonyl (C=O) groups excluding carboxylic acids is 1. The van der Waals surface area contributed by atoms with Crippen LogP contribution in [0.25, 0.3) is 0 Å². The van der Waals surface area contributed by atoms with E-state index in [1.54, 1.807) is 13.2 Å². The number of nitrogen functional groups attached to an aromatic ring is 1. The van der Waals surface area contributed by atoms with Crippen LogP contribution in [-0.2, 0) is 0 Å². The van der Waals surface area contributed by atoms with E-state index in [-0.39, 0.29) is 17.4 Å². The van der Waals surface area contributed by atoms with Gasteiger partial charge in [-0.05, 0) is 24.6 Å². The van der Waals surface area contributed by atoms with Crippen LogP contribution in [0.2, 0.25) is 0 Å². The molecule has 0 spiro atoms. The Kier molecular flexibility index (Phi) is 3.61. The van der Waals surface area contributed by atoms with E-state index in [9.17, 15) is 4.79 Å². The first-order valence-electron chi connectivity index (χ1n) is 5.63. The molecule has 98 valence electrons. The highest BCUT2D eigenvalue weighted by Crippen LogP contribution is 2.25. The number of aryl methyl sites for hydroxylation is 1. The number of hydrogen-bond donors (Lipinski definition) is 2. The molecule has 0 unspecified atom stereocenters. The van der Waals surface area contributed by atoms with Crippen molar-refractivity contribution < 1.29 is 9.53 Å². The molecule has 0 radical (unpaired) electrons. The first kappa shape index (κ1) is 12.8. The van der Waals surface area contributed by atoms with E-state index in [1.807, 2.05) is 19.1 Å². The van der Waals surface area contributed by atoms with Crippen LogP contribution in [0.1, 0.15) is 16.1 Å². The first-order valence-corrected chi connectivity index (χ1v) is 5.63. The van der Waals surface area contributed by atoms with E-state index < -0.39 is 0 Å². The number of carbonyl (C=O) groups is 1. The van der Waals surface area contributed by atoms with Crippen molar-refractivity contribution in [3.63, 3.8) is 0 Å². The maximum absolute atomic E-state index is 12.0. The molecule has 6 nitrogen and oxygen atoms in total. The van der Waals surface area contributed by atoms with Crippen molar-refractivity contribution in [2.45, 2.75) is 6.92 Å². The fourth-order valence-electron chi connectivity index (χ4n) is 1.60. The SMILES string of the molecule is COc1ccc(C)cc1NC(=O)c1cncc(N)n1. The largest absolute Gasteiger partial charge is 0.495 e. The minimum Gasteiger partial charge on any atom is -0.495 e. The number of hydrogen-bond acceptors (Lipinski definition) is 5. The maximum Gasteiger partial charge on any atom is 0.276 e. The standard InChI is InChI=1S/C13H14N4O2/c1-8-3-4-11(19-2)9(5-8)17-13(18)10-6-15-7-12(14)16-10/h3-7H,1-2H3,(H2,14,16)(H,17,18). The second-order valence-electron chi connectivity index (χ2n) is 3.99. The summed E-state index contributed by atoms with van der Waals surface area (Å²) in [5.74, 6) is 0.392. The summed E-state index contributed by atoms with van der Waals surface area (Å²) in [5.41, 5.74) is 7.24. The molecule has 0 saturated heterocycles. The first-order chi connectivity index (χ1) is 9.10. The van der Waals surface area contributed by atoms with Gasteiger partial charge in [0.15, 0.2) is 0 Å². The number of nitrogens with zero attached hydrogens (tertiary/aromatic N) is 2. The van der Waals surface area contributed by atoms with Crippen LogP contribution in [0, 0.1) is 6.92 Å². The third-order valence-electron chi connectivity index (χ3n) is 2.49. The maximum atomic E-state index is 12.0. The smallest absolute Gasteiger partial charge is 0.276 e. The Labute approximate surface area is 110 Å². The topological polar surface area (TPSA) is 90.1 Å². The van der Waals surface area contributed by atoms with Crippen LogP contribution >= 0.6 is 0 Å². The lowest BCUT2D eigenvalue weighted by Gasteiger charge is -2.10. The van der Waals surface area contributed by atoms with Gasteiger partial charge in [-0.1, -0.05) is 6.07 Å². The Morgan fingerprint density at radius 1 is 1.37 bits per heavy atom. The number of amides is 1. The number of anilines is 2. The summed E-state index contributed by atoms with van der Waals surface area (Å²) in [7, 11) is 1.54. The van der Waals surface area contributed by atoms with E-state index in [2.05, 4.69) is 15.3 Å². The van der Waals surface area contributed by atoms with Crippen LogP contribution in [0.15, 0.2) is 30.6 Å². The summed E-state index contributed by atoms with van der Waals surface area (Å²) >= 11 is 0. The van der Waals surface area contributed by atoms with Gasteiger partial charge in [-0.3, -0.25) is 9.78 Å². The molecular formula is C13H14N4O2. The van der Waals surface area contributed by atoms with Crippen LogP contribution in [0.4, 0.5) is 11.5 Å². The fourth-order valence-corrected chi connectivity index (χ4v) is 1.60. The monoisotopic (exact) mass is 258 g/mol. The van der Waals surface area contributed by atoms with Crippen molar-refractivity contribution >= 4 is 17.4 Å². The second-order valence-corrected chi connectivity index (χ2v) is 3.99. The molecular weight excluding hydrogens is 244 g/mol. The van der Waals surface area contributed by atoms with E-state index >= 15 is 0 Å². The van der Waals surface area contributed by atoms with Crippen molar-refractivity contribution in [1.82, 2.24) is 9.97 Å². The van der Waals surface area contributed by atoms with Gasteiger partial charge < -0.3 is 15.8 Å². The van der Waals surface area contributed by atoms with Gasteiger partial charge in [-0.25, -0.2) is 4.98 Å². The molecule has 2 aromatic rings. The zero-order valence-electron chi connectivity index (χ0n) is 10.7. The summed E-state index contributed by atoms with van der Waals surface area (Å²) in [6.07, 6.45) is 2.73. The van der Waals surface area contributed by atoms with Crippen molar-refractivity contribution in [3.05, 3.63) is 41.9 Å². The highest BCUT2D eigenvalue weighted by Gasteiger charge is 2.11. The molecule has 19 heavy (non-hydrogen) atoms. The van der Waals surface area contributed by atoms with E-state index in [1.165, 1.54) is 12.4 Å². The van der Waals surface area contributed by atoms with Crippen molar-refractivity contribution in [3.8, 4) is 5.75 Å². The number of rotatable bonds is 3. The molecule has 6 heteroatoms. The summed E-state index contributed by atoms with van der Waals surface area (Å²) in [5, 5.41) is 2.72. The van der Waals surface area contributed by atoms with Gasteiger partial charge in [-0.15, -0.1) is 0 Å². The van der Waals surface area contributed by atoms with Gasteiger partial charge in [-0.2, -0.15) is 0 Å². The highest BCUT2D eigenvalue weighted by atomic mass is 16.5. The van der Waals surface area contributed by atoms with E-state index in [0.717, 1.165) is 5.56 Å². The van der Waals surface area contributed by atoms with Gasteiger partial charge >= 0.3 is 0 Å². The summed E-state index contributed by atoms with van der Waals surface area (Å²) in [6, 6.07) is 5.50. The number of methoxy groups -OCH3 is 1. The molecule has 0 aliphatic rings. The van der Waals surface area contributed by atoms with Crippen molar-refractivity contribution in [2.75, 3.05) is 18.2 Å². The lowest BCUT2D eigenvalue weighted by atomic mass is 10.2. The Balaban J connectivity index is 2.26. The van der Waals surface area contributed by atoms with Gasteiger partial charge in [0, 0.05) is 0 Å². The Hall–Kier alpha value is -2.63. The van der Waals surface area contributed by atoms with Crippen LogP contribution in [-0.4, -0.2) is 23.0 Å². The molecule has 0 atom stereocenters. The molecule has 1 amide bonds. The predicted octanol–water partition coefficient (Wildman–Crippen LogP) is 1.63. The van der Waals surface area contributed by atoms with Gasteiger partial charge in [0.05, 0.1) is 25.2 Å². The molecule has 1 aromatic carbocycles. The predicted molar refractivity (Wildman–Crippen MR) is 72.1 cm³/mol. The number of nitrogens with two attached hydrogens (primary N) is 1. The number of benzene rings is 1. The minimum atomic E-state index is -0.385. The average molecular weight is 258 g/mol. The molecule has 0 bridgehead atoms. The molecule has 1 heterocycles. The molecule has 3 N–H and O–H groups in total. The molecule has 0 saturated carbocycles. The average Bonchev–Trinajstić information content (AvgIpc) is 2.39. The molecule has 0 fully saturated rings. The Morgan fingerprint density at radius 3 is 2.84 bits per heavy atom. The number of aromatic nitrogens is 2. The Bertz CT molecular complexity index is 613. The van der Waals surface area contributed by atoms with E-state index in [0.29, 0.717) is 11.4 Å².